The van der Waals surface area contributed by atoms with Gasteiger partial charge < -0.3 is 10.1 Å². The zero-order valence-electron chi connectivity index (χ0n) is 8.63. The number of ether oxygens (including phenoxy) is 1. The maximum atomic E-state index is 11.5. The molecule has 0 saturated carbocycles. The van der Waals surface area contributed by atoms with Crippen LogP contribution in [0.3, 0.4) is 0 Å². The molecule has 0 saturated heterocycles. The second-order valence-corrected chi connectivity index (χ2v) is 4.00. The Hall–Kier alpha value is -0.990. The van der Waals surface area contributed by atoms with E-state index in [-0.39, 0.29) is 18.1 Å². The Morgan fingerprint density at radius 1 is 1.38 bits per heavy atom. The predicted octanol–water partition coefficient (Wildman–Crippen LogP) is 1.65. The van der Waals surface area contributed by atoms with Gasteiger partial charge in [0.25, 0.3) is 5.91 Å². The molecule has 1 aliphatic heterocycles. The molecular weight excluding hydrogens is 166 g/mol. The van der Waals surface area contributed by atoms with E-state index in [0.717, 1.165) is 5.57 Å². The Kier molecular flexibility index (Phi) is 2.96. The van der Waals surface area contributed by atoms with Gasteiger partial charge in [0, 0.05) is 5.92 Å². The van der Waals surface area contributed by atoms with E-state index in [1.54, 1.807) is 6.26 Å². The molecule has 1 unspecified atom stereocenters. The van der Waals surface area contributed by atoms with Crippen molar-refractivity contribution in [1.82, 2.24) is 5.32 Å². The first-order valence-corrected chi connectivity index (χ1v) is 4.68. The topological polar surface area (TPSA) is 38.3 Å². The van der Waals surface area contributed by atoms with Gasteiger partial charge in [-0.05, 0) is 5.92 Å². The van der Waals surface area contributed by atoms with Gasteiger partial charge in [0.2, 0.25) is 0 Å². The van der Waals surface area contributed by atoms with Gasteiger partial charge >= 0.3 is 0 Å². The molecular formula is C10H17NO2. The summed E-state index contributed by atoms with van der Waals surface area (Å²) >= 11 is 0. The van der Waals surface area contributed by atoms with E-state index in [1.807, 2.05) is 27.7 Å². The monoisotopic (exact) mass is 183 g/mol. The Morgan fingerprint density at radius 2 is 2.00 bits per heavy atom. The first kappa shape index (κ1) is 10.1. The molecule has 0 spiro atoms. The maximum Gasteiger partial charge on any atom is 0.253 e. The van der Waals surface area contributed by atoms with Gasteiger partial charge in [-0.15, -0.1) is 0 Å². The number of amides is 1. The molecule has 1 rings (SSSR count). The standard InChI is InChI=1S/C10H17NO2/c1-6(2)8-5-13-10(7(3)4)11-9(8)12/h5-7,10H,1-4H3,(H,11,12). The van der Waals surface area contributed by atoms with Crippen LogP contribution in [0.25, 0.3) is 0 Å². The van der Waals surface area contributed by atoms with Crippen molar-refractivity contribution in [3.8, 4) is 0 Å². The average Bonchev–Trinajstić information content (AvgIpc) is 2.03. The minimum Gasteiger partial charge on any atom is -0.477 e. The van der Waals surface area contributed by atoms with Crippen LogP contribution in [0.1, 0.15) is 27.7 Å². The SMILES string of the molecule is CC(C)C1=COC(C(C)C)NC1=O. The van der Waals surface area contributed by atoms with Crippen LogP contribution >= 0.6 is 0 Å². The average molecular weight is 183 g/mol. The van der Waals surface area contributed by atoms with Crippen LogP contribution < -0.4 is 5.32 Å². The van der Waals surface area contributed by atoms with Gasteiger partial charge in [-0.2, -0.15) is 0 Å². The lowest BCUT2D eigenvalue weighted by Gasteiger charge is -2.27. The minimum absolute atomic E-state index is 0.0000463. The highest BCUT2D eigenvalue weighted by molar-refractivity contribution is 5.94. The fourth-order valence-corrected chi connectivity index (χ4v) is 1.17. The van der Waals surface area contributed by atoms with E-state index in [2.05, 4.69) is 5.32 Å². The second-order valence-electron chi connectivity index (χ2n) is 4.00. The molecule has 0 bridgehead atoms. The quantitative estimate of drug-likeness (QED) is 0.707. The number of hydrogen-bond acceptors (Lipinski definition) is 2. The van der Waals surface area contributed by atoms with E-state index in [4.69, 9.17) is 4.74 Å². The molecule has 0 aromatic rings. The first-order valence-electron chi connectivity index (χ1n) is 4.68. The van der Waals surface area contributed by atoms with Crippen LogP contribution in [0.2, 0.25) is 0 Å². The summed E-state index contributed by atoms with van der Waals surface area (Å²) in [7, 11) is 0. The second kappa shape index (κ2) is 3.81. The lowest BCUT2D eigenvalue weighted by Crippen LogP contribution is -2.44. The smallest absolute Gasteiger partial charge is 0.253 e. The van der Waals surface area contributed by atoms with Crippen LogP contribution in [0.5, 0.6) is 0 Å². The van der Waals surface area contributed by atoms with Crippen molar-refractivity contribution in [2.45, 2.75) is 33.9 Å². The Labute approximate surface area is 79.2 Å². The molecule has 1 heterocycles. The number of carbonyl (C=O) groups is 1. The Morgan fingerprint density at radius 3 is 2.38 bits per heavy atom. The highest BCUT2D eigenvalue weighted by Gasteiger charge is 2.25. The first-order chi connectivity index (χ1) is 6.02. The van der Waals surface area contributed by atoms with E-state index in [0.29, 0.717) is 5.92 Å². The fourth-order valence-electron chi connectivity index (χ4n) is 1.17. The summed E-state index contributed by atoms with van der Waals surface area (Å²) in [5.41, 5.74) is 0.719. The van der Waals surface area contributed by atoms with Crippen LogP contribution in [-0.2, 0) is 9.53 Å². The van der Waals surface area contributed by atoms with Crippen molar-refractivity contribution < 1.29 is 9.53 Å². The van der Waals surface area contributed by atoms with Gasteiger partial charge in [-0.25, -0.2) is 0 Å². The predicted molar refractivity (Wildman–Crippen MR) is 50.8 cm³/mol. The third-order valence-corrected chi connectivity index (χ3v) is 2.10. The van der Waals surface area contributed by atoms with E-state index >= 15 is 0 Å². The van der Waals surface area contributed by atoms with Crippen molar-refractivity contribution in [2.24, 2.45) is 11.8 Å². The summed E-state index contributed by atoms with van der Waals surface area (Å²) in [5.74, 6) is 0.516. The highest BCUT2D eigenvalue weighted by atomic mass is 16.5. The summed E-state index contributed by atoms with van der Waals surface area (Å²) in [6, 6.07) is 0. The summed E-state index contributed by atoms with van der Waals surface area (Å²) in [5, 5.41) is 2.82. The van der Waals surface area contributed by atoms with E-state index in [9.17, 15) is 4.79 Å². The van der Waals surface area contributed by atoms with E-state index < -0.39 is 0 Å². The van der Waals surface area contributed by atoms with Gasteiger partial charge in [-0.1, -0.05) is 27.7 Å². The molecule has 3 heteroatoms. The molecule has 0 aromatic carbocycles. The maximum absolute atomic E-state index is 11.5. The third-order valence-electron chi connectivity index (χ3n) is 2.10. The summed E-state index contributed by atoms with van der Waals surface area (Å²) < 4.78 is 5.39. The van der Waals surface area contributed by atoms with Crippen molar-refractivity contribution in [3.63, 3.8) is 0 Å². The zero-order chi connectivity index (χ0) is 10.0. The zero-order valence-corrected chi connectivity index (χ0v) is 8.63. The van der Waals surface area contributed by atoms with Crippen molar-refractivity contribution >= 4 is 5.91 Å². The van der Waals surface area contributed by atoms with Crippen LogP contribution in [0, 0.1) is 11.8 Å². The van der Waals surface area contributed by atoms with Crippen LogP contribution in [-0.4, -0.2) is 12.1 Å². The lowest BCUT2D eigenvalue weighted by atomic mass is 10.0. The number of rotatable bonds is 2. The molecule has 0 radical (unpaired) electrons. The molecule has 1 N–H and O–H groups in total. The van der Waals surface area contributed by atoms with Crippen molar-refractivity contribution in [1.29, 1.82) is 0 Å². The number of nitrogens with one attached hydrogen (secondary N) is 1. The number of carbonyl (C=O) groups excluding carboxylic acids is 1. The normalized spacial score (nSPS) is 22.8. The molecule has 0 aromatic heterocycles. The largest absolute Gasteiger partial charge is 0.477 e. The van der Waals surface area contributed by atoms with E-state index in [1.165, 1.54) is 0 Å². The molecule has 13 heavy (non-hydrogen) atoms. The molecule has 0 aliphatic carbocycles. The molecule has 74 valence electrons. The van der Waals surface area contributed by atoms with Gasteiger partial charge in [0.1, 0.15) is 0 Å². The van der Waals surface area contributed by atoms with Crippen molar-refractivity contribution in [2.75, 3.05) is 0 Å². The summed E-state index contributed by atoms with van der Waals surface area (Å²) in [6.45, 7) is 7.98. The lowest BCUT2D eigenvalue weighted by molar-refractivity contribution is -0.124. The molecule has 1 amide bonds. The molecule has 0 fully saturated rings. The van der Waals surface area contributed by atoms with Crippen LogP contribution in [0.15, 0.2) is 11.8 Å². The third kappa shape index (κ3) is 2.23. The Balaban J connectivity index is 2.70. The minimum atomic E-state index is -0.171. The van der Waals surface area contributed by atoms with Gasteiger partial charge in [0.05, 0.1) is 11.8 Å². The van der Waals surface area contributed by atoms with Crippen molar-refractivity contribution in [3.05, 3.63) is 11.8 Å². The van der Waals surface area contributed by atoms with Crippen LogP contribution in [0.4, 0.5) is 0 Å². The summed E-state index contributed by atoms with van der Waals surface area (Å²) in [4.78, 5) is 11.5. The van der Waals surface area contributed by atoms with Gasteiger partial charge in [0.15, 0.2) is 6.23 Å². The molecule has 1 atom stereocenters. The molecule has 3 nitrogen and oxygen atoms in total. The highest BCUT2D eigenvalue weighted by Crippen LogP contribution is 2.17. The summed E-state index contributed by atoms with van der Waals surface area (Å²) in [6.07, 6.45) is 1.42. The molecule has 1 aliphatic rings. The Bertz CT molecular complexity index is 231. The fraction of sp³-hybridized carbons (Fsp3) is 0.700. The number of hydrogen-bond donors (Lipinski definition) is 1. The van der Waals surface area contributed by atoms with Gasteiger partial charge in [-0.3, -0.25) is 4.79 Å².